The van der Waals surface area contributed by atoms with Gasteiger partial charge in [-0.2, -0.15) is 0 Å². The lowest BCUT2D eigenvalue weighted by Gasteiger charge is -2.16. The zero-order valence-corrected chi connectivity index (χ0v) is 8.99. The molecule has 0 aromatic rings. The maximum Gasteiger partial charge on any atom is 0.236 e. The number of aliphatic hydroxyl groups excluding tert-OH is 1. The van der Waals surface area contributed by atoms with Gasteiger partial charge in [0.15, 0.2) is 0 Å². The normalized spacial score (nSPS) is 17.9. The smallest absolute Gasteiger partial charge is 0.236 e. The number of likely N-dealkylation sites (N-methyl/N-ethyl adjacent to an activating group) is 1. The van der Waals surface area contributed by atoms with Gasteiger partial charge < -0.3 is 15.3 Å². The Kier molecular flexibility index (Phi) is 4.35. The van der Waals surface area contributed by atoms with Crippen LogP contribution < -0.4 is 5.32 Å². The van der Waals surface area contributed by atoms with Crippen LogP contribution in [0.2, 0.25) is 0 Å². The van der Waals surface area contributed by atoms with Crippen LogP contribution in [0.25, 0.3) is 0 Å². The molecule has 0 aromatic carbocycles. The summed E-state index contributed by atoms with van der Waals surface area (Å²) in [7, 11) is 1.86. The molecule has 0 heterocycles. The van der Waals surface area contributed by atoms with Gasteiger partial charge in [-0.3, -0.25) is 4.79 Å². The third-order valence-corrected chi connectivity index (χ3v) is 2.50. The van der Waals surface area contributed by atoms with Crippen LogP contribution in [0.3, 0.4) is 0 Å². The Bertz CT molecular complexity index is 191. The average molecular weight is 200 g/mol. The van der Waals surface area contributed by atoms with Crippen LogP contribution in [-0.4, -0.2) is 48.2 Å². The lowest BCUT2D eigenvalue weighted by atomic mass is 10.3. The first-order valence-corrected chi connectivity index (χ1v) is 5.25. The van der Waals surface area contributed by atoms with Crippen molar-refractivity contribution >= 4 is 5.91 Å². The first-order chi connectivity index (χ1) is 6.61. The SMILES string of the molecule is CC(O)CCNCC(=O)N(C)C1CC1. The molecule has 82 valence electrons. The molecule has 1 amide bonds. The first-order valence-electron chi connectivity index (χ1n) is 5.25. The minimum atomic E-state index is -0.293. The molecule has 1 aliphatic carbocycles. The monoisotopic (exact) mass is 200 g/mol. The molecule has 2 N–H and O–H groups in total. The van der Waals surface area contributed by atoms with Gasteiger partial charge in [0, 0.05) is 13.1 Å². The number of hydrogen-bond donors (Lipinski definition) is 2. The maximum absolute atomic E-state index is 11.5. The summed E-state index contributed by atoms with van der Waals surface area (Å²) in [6.07, 6.45) is 2.70. The molecule has 1 fully saturated rings. The zero-order chi connectivity index (χ0) is 10.6. The molecule has 0 aromatic heterocycles. The van der Waals surface area contributed by atoms with Gasteiger partial charge in [-0.25, -0.2) is 0 Å². The van der Waals surface area contributed by atoms with Crippen molar-refractivity contribution in [3.8, 4) is 0 Å². The number of hydrogen-bond acceptors (Lipinski definition) is 3. The summed E-state index contributed by atoms with van der Waals surface area (Å²) in [5, 5.41) is 12.0. The van der Waals surface area contributed by atoms with Gasteiger partial charge in [-0.05, 0) is 32.7 Å². The predicted octanol–water partition coefficient (Wildman–Crippen LogP) is -0.0323. The summed E-state index contributed by atoms with van der Waals surface area (Å²) >= 11 is 0. The summed E-state index contributed by atoms with van der Waals surface area (Å²) in [6.45, 7) is 2.83. The second-order valence-electron chi connectivity index (χ2n) is 4.05. The summed E-state index contributed by atoms with van der Waals surface area (Å²) < 4.78 is 0. The summed E-state index contributed by atoms with van der Waals surface area (Å²) in [5.41, 5.74) is 0. The molecule has 4 heteroatoms. The van der Waals surface area contributed by atoms with E-state index in [2.05, 4.69) is 5.32 Å². The Labute approximate surface area is 85.3 Å². The van der Waals surface area contributed by atoms with E-state index in [-0.39, 0.29) is 12.0 Å². The third-order valence-electron chi connectivity index (χ3n) is 2.50. The molecule has 1 saturated carbocycles. The van der Waals surface area contributed by atoms with Crippen molar-refractivity contribution in [2.45, 2.75) is 38.3 Å². The van der Waals surface area contributed by atoms with E-state index in [4.69, 9.17) is 5.11 Å². The van der Waals surface area contributed by atoms with Gasteiger partial charge in [-0.1, -0.05) is 0 Å². The fourth-order valence-electron chi connectivity index (χ4n) is 1.30. The van der Waals surface area contributed by atoms with Crippen LogP contribution in [-0.2, 0) is 4.79 Å². The summed E-state index contributed by atoms with van der Waals surface area (Å²) in [5.74, 6) is 0.151. The zero-order valence-electron chi connectivity index (χ0n) is 8.99. The highest BCUT2D eigenvalue weighted by Crippen LogP contribution is 2.24. The number of carbonyl (C=O) groups is 1. The largest absolute Gasteiger partial charge is 0.393 e. The van der Waals surface area contributed by atoms with Crippen LogP contribution in [0.15, 0.2) is 0 Å². The fourth-order valence-corrected chi connectivity index (χ4v) is 1.30. The quantitative estimate of drug-likeness (QED) is 0.592. The minimum Gasteiger partial charge on any atom is -0.393 e. The van der Waals surface area contributed by atoms with Crippen molar-refractivity contribution in [2.75, 3.05) is 20.1 Å². The highest BCUT2D eigenvalue weighted by atomic mass is 16.3. The van der Waals surface area contributed by atoms with Crippen LogP contribution in [0.5, 0.6) is 0 Å². The molecule has 1 unspecified atom stereocenters. The molecule has 0 saturated heterocycles. The number of nitrogens with zero attached hydrogens (tertiary/aromatic N) is 1. The van der Waals surface area contributed by atoms with E-state index in [1.807, 2.05) is 11.9 Å². The Morgan fingerprint density at radius 2 is 2.29 bits per heavy atom. The van der Waals surface area contributed by atoms with E-state index in [0.717, 1.165) is 12.8 Å². The molecule has 0 bridgehead atoms. The summed E-state index contributed by atoms with van der Waals surface area (Å²) in [6, 6.07) is 0.487. The van der Waals surface area contributed by atoms with Gasteiger partial charge >= 0.3 is 0 Å². The lowest BCUT2D eigenvalue weighted by Crippen LogP contribution is -2.37. The van der Waals surface area contributed by atoms with E-state index in [9.17, 15) is 4.79 Å². The van der Waals surface area contributed by atoms with Crippen LogP contribution >= 0.6 is 0 Å². The number of amides is 1. The minimum absolute atomic E-state index is 0.151. The highest BCUT2D eigenvalue weighted by Gasteiger charge is 2.28. The van der Waals surface area contributed by atoms with E-state index in [1.165, 1.54) is 0 Å². The highest BCUT2D eigenvalue weighted by molar-refractivity contribution is 5.78. The molecule has 1 rings (SSSR count). The molecule has 0 radical (unpaired) electrons. The molecule has 4 nitrogen and oxygen atoms in total. The standard InChI is InChI=1S/C10H20N2O2/c1-8(13)5-6-11-7-10(14)12(2)9-3-4-9/h8-9,11,13H,3-7H2,1-2H3. The van der Waals surface area contributed by atoms with E-state index in [1.54, 1.807) is 6.92 Å². The topological polar surface area (TPSA) is 52.6 Å². The Hall–Kier alpha value is -0.610. The number of nitrogens with one attached hydrogen (secondary N) is 1. The van der Waals surface area contributed by atoms with Crippen molar-refractivity contribution in [3.05, 3.63) is 0 Å². The molecule has 1 aliphatic rings. The van der Waals surface area contributed by atoms with Crippen molar-refractivity contribution in [1.82, 2.24) is 10.2 Å². The molecular weight excluding hydrogens is 180 g/mol. The third kappa shape index (κ3) is 4.07. The second-order valence-corrected chi connectivity index (χ2v) is 4.05. The Balaban J connectivity index is 2.02. The number of aliphatic hydroxyl groups is 1. The average Bonchev–Trinajstić information content (AvgIpc) is 2.93. The number of rotatable bonds is 6. The molecule has 14 heavy (non-hydrogen) atoms. The fraction of sp³-hybridized carbons (Fsp3) is 0.900. The molecule has 0 aliphatic heterocycles. The number of carbonyl (C=O) groups excluding carboxylic acids is 1. The Morgan fingerprint density at radius 3 is 2.79 bits per heavy atom. The van der Waals surface area contributed by atoms with Crippen molar-refractivity contribution < 1.29 is 9.90 Å². The Morgan fingerprint density at radius 1 is 1.64 bits per heavy atom. The van der Waals surface area contributed by atoms with Crippen molar-refractivity contribution in [1.29, 1.82) is 0 Å². The van der Waals surface area contributed by atoms with Crippen LogP contribution in [0.4, 0.5) is 0 Å². The second kappa shape index (κ2) is 5.32. The first kappa shape index (κ1) is 11.5. The van der Waals surface area contributed by atoms with Crippen molar-refractivity contribution in [3.63, 3.8) is 0 Å². The van der Waals surface area contributed by atoms with Gasteiger partial charge in [0.1, 0.15) is 0 Å². The van der Waals surface area contributed by atoms with Gasteiger partial charge in [-0.15, -0.1) is 0 Å². The lowest BCUT2D eigenvalue weighted by molar-refractivity contribution is -0.129. The molecular formula is C10H20N2O2. The predicted molar refractivity (Wildman–Crippen MR) is 55.0 cm³/mol. The van der Waals surface area contributed by atoms with Gasteiger partial charge in [0.25, 0.3) is 0 Å². The molecule has 0 spiro atoms. The van der Waals surface area contributed by atoms with E-state index < -0.39 is 0 Å². The van der Waals surface area contributed by atoms with Gasteiger partial charge in [0.05, 0.1) is 12.6 Å². The van der Waals surface area contributed by atoms with Crippen LogP contribution in [0.1, 0.15) is 26.2 Å². The maximum atomic E-state index is 11.5. The van der Waals surface area contributed by atoms with E-state index >= 15 is 0 Å². The van der Waals surface area contributed by atoms with E-state index in [0.29, 0.717) is 25.6 Å². The summed E-state index contributed by atoms with van der Waals surface area (Å²) in [4.78, 5) is 13.3. The van der Waals surface area contributed by atoms with Gasteiger partial charge in [0.2, 0.25) is 5.91 Å². The van der Waals surface area contributed by atoms with Crippen molar-refractivity contribution in [2.24, 2.45) is 0 Å². The molecule has 1 atom stereocenters. The van der Waals surface area contributed by atoms with Crippen LogP contribution in [0, 0.1) is 0 Å².